The van der Waals surface area contributed by atoms with E-state index >= 15 is 0 Å². The minimum Gasteiger partial charge on any atom is -0.466 e. The number of esters is 2. The van der Waals surface area contributed by atoms with Crippen LogP contribution >= 0.6 is 0 Å². The lowest BCUT2D eigenvalue weighted by molar-refractivity contribution is -0.145. The Morgan fingerprint density at radius 3 is 1.23 bits per heavy atom. The molecule has 0 saturated heterocycles. The Bertz CT molecular complexity index is 974. The van der Waals surface area contributed by atoms with Gasteiger partial charge in [-0.3, -0.25) is 9.59 Å². The van der Waals surface area contributed by atoms with Crippen LogP contribution in [-0.4, -0.2) is 74.7 Å². The molecule has 0 amide bonds. The molecular formula is C59H118N2O4. The predicted octanol–water partition coefficient (Wildman–Crippen LogP) is 18.0. The highest BCUT2D eigenvalue weighted by Gasteiger charge is 2.18. The zero-order chi connectivity index (χ0) is 47.7. The lowest BCUT2D eigenvalue weighted by atomic mass is 9.92. The number of ether oxygens (including phenoxy) is 2. The van der Waals surface area contributed by atoms with Crippen molar-refractivity contribution >= 4 is 11.9 Å². The summed E-state index contributed by atoms with van der Waals surface area (Å²) in [6, 6.07) is 0.703. The van der Waals surface area contributed by atoms with Gasteiger partial charge in [-0.15, -0.1) is 0 Å². The van der Waals surface area contributed by atoms with Crippen molar-refractivity contribution in [1.82, 2.24) is 9.80 Å². The zero-order valence-electron chi connectivity index (χ0n) is 45.5. The molecule has 0 aromatic heterocycles. The standard InChI is InChI=1S/C59H118N2O4/c1-8-13-18-21-27-32-39-51-61(52-40-50-60(6)7)57(46-36-29-25-26-31-38-48-59(63)65-54-56(42-17-12-5)44-34-20-15-10-3)45-35-28-23-22-24-30-37-47-58(62)64-53-49-55(41-16-11-4)43-33-19-14-9-2/h55-57H,8-54H2,1-7H3. The number of carbonyl (C=O) groups excluding carboxylic acids is 2. The molecule has 6 heteroatoms. The van der Waals surface area contributed by atoms with Gasteiger partial charge in [0.15, 0.2) is 0 Å². The molecule has 0 N–H and O–H groups in total. The van der Waals surface area contributed by atoms with Gasteiger partial charge < -0.3 is 19.3 Å². The molecule has 0 radical (unpaired) electrons. The summed E-state index contributed by atoms with van der Waals surface area (Å²) in [5.74, 6) is 1.32. The molecule has 6 nitrogen and oxygen atoms in total. The summed E-state index contributed by atoms with van der Waals surface area (Å²) in [6.45, 7) is 16.3. The Morgan fingerprint density at radius 2 is 0.723 bits per heavy atom. The first-order valence-corrected chi connectivity index (χ1v) is 29.5. The molecule has 65 heavy (non-hydrogen) atoms. The van der Waals surface area contributed by atoms with Gasteiger partial charge in [-0.1, -0.05) is 234 Å². The van der Waals surface area contributed by atoms with Gasteiger partial charge in [0, 0.05) is 18.9 Å². The largest absolute Gasteiger partial charge is 0.466 e. The molecular weight excluding hydrogens is 801 g/mol. The van der Waals surface area contributed by atoms with Gasteiger partial charge in [0.25, 0.3) is 0 Å². The second-order valence-corrected chi connectivity index (χ2v) is 21.0. The summed E-state index contributed by atoms with van der Waals surface area (Å²) in [7, 11) is 4.43. The fraction of sp³-hybridized carbons (Fsp3) is 0.966. The smallest absolute Gasteiger partial charge is 0.305 e. The molecule has 3 unspecified atom stereocenters. The third-order valence-electron chi connectivity index (χ3n) is 14.3. The van der Waals surface area contributed by atoms with Gasteiger partial charge in [-0.25, -0.2) is 0 Å². The third kappa shape index (κ3) is 45.1. The summed E-state index contributed by atoms with van der Waals surface area (Å²) < 4.78 is 11.5. The quantitative estimate of drug-likeness (QED) is 0.0447. The minimum absolute atomic E-state index is 0.0227. The normalized spacial score (nSPS) is 13.2. The van der Waals surface area contributed by atoms with Crippen LogP contribution in [0.5, 0.6) is 0 Å². The van der Waals surface area contributed by atoms with Crippen LogP contribution in [0.25, 0.3) is 0 Å². The Morgan fingerprint density at radius 1 is 0.354 bits per heavy atom. The van der Waals surface area contributed by atoms with Crippen LogP contribution < -0.4 is 0 Å². The number of unbranched alkanes of at least 4 members (excludes halogenated alkanes) is 25. The average Bonchev–Trinajstić information content (AvgIpc) is 3.29. The highest BCUT2D eigenvalue weighted by Crippen LogP contribution is 2.24. The SMILES string of the molecule is CCCCCCCCCN(CCCN(C)C)C(CCCCCCCCCC(=O)OCCC(CCCC)CCCCCC)CCCCCCCCC(=O)OCC(CCCC)CCCCCC. The molecule has 0 aliphatic heterocycles. The first-order valence-electron chi connectivity index (χ1n) is 29.5. The lowest BCUT2D eigenvalue weighted by Gasteiger charge is -2.33. The molecule has 0 saturated carbocycles. The fourth-order valence-corrected chi connectivity index (χ4v) is 9.88. The molecule has 0 rings (SSSR count). The number of rotatable bonds is 53. The van der Waals surface area contributed by atoms with Gasteiger partial charge in [-0.05, 0) is 103 Å². The van der Waals surface area contributed by atoms with Crippen molar-refractivity contribution in [3.05, 3.63) is 0 Å². The number of hydrogen-bond donors (Lipinski definition) is 0. The predicted molar refractivity (Wildman–Crippen MR) is 285 cm³/mol. The molecule has 0 aromatic carbocycles. The zero-order valence-corrected chi connectivity index (χ0v) is 45.5. The third-order valence-corrected chi connectivity index (χ3v) is 14.3. The summed E-state index contributed by atoms with van der Waals surface area (Å²) in [5.41, 5.74) is 0. The maximum absolute atomic E-state index is 12.6. The number of nitrogens with zero attached hydrogens (tertiary/aromatic N) is 2. The van der Waals surface area contributed by atoms with E-state index in [-0.39, 0.29) is 11.9 Å². The van der Waals surface area contributed by atoms with Crippen LogP contribution in [0.4, 0.5) is 0 Å². The van der Waals surface area contributed by atoms with E-state index in [9.17, 15) is 9.59 Å². The van der Waals surface area contributed by atoms with Gasteiger partial charge in [0.05, 0.1) is 13.2 Å². The van der Waals surface area contributed by atoms with Crippen LogP contribution in [0.2, 0.25) is 0 Å². The summed E-state index contributed by atoms with van der Waals surface area (Å²) in [6.07, 6.45) is 52.2. The van der Waals surface area contributed by atoms with Crippen molar-refractivity contribution < 1.29 is 19.1 Å². The van der Waals surface area contributed by atoms with Crippen molar-refractivity contribution in [3.8, 4) is 0 Å². The van der Waals surface area contributed by atoms with Crippen molar-refractivity contribution in [2.24, 2.45) is 11.8 Å². The maximum Gasteiger partial charge on any atom is 0.305 e. The number of carbonyl (C=O) groups is 2. The first-order chi connectivity index (χ1) is 31.8. The van der Waals surface area contributed by atoms with Crippen LogP contribution in [0, 0.1) is 11.8 Å². The van der Waals surface area contributed by atoms with Crippen molar-refractivity contribution in [2.75, 3.05) is 46.9 Å². The van der Waals surface area contributed by atoms with Gasteiger partial charge >= 0.3 is 11.9 Å². The van der Waals surface area contributed by atoms with E-state index in [1.165, 1.54) is 244 Å². The highest BCUT2D eigenvalue weighted by molar-refractivity contribution is 5.69. The summed E-state index contributed by atoms with van der Waals surface area (Å²) in [5, 5.41) is 0. The molecule has 0 spiro atoms. The van der Waals surface area contributed by atoms with Gasteiger partial charge in [0.2, 0.25) is 0 Å². The first kappa shape index (κ1) is 63.9. The topological polar surface area (TPSA) is 59.1 Å². The van der Waals surface area contributed by atoms with E-state index in [0.717, 1.165) is 38.0 Å². The molecule has 0 aromatic rings. The minimum atomic E-state index is 0.0227. The van der Waals surface area contributed by atoms with Crippen LogP contribution in [-0.2, 0) is 19.1 Å². The lowest BCUT2D eigenvalue weighted by Crippen LogP contribution is -2.38. The Hall–Kier alpha value is -1.14. The number of hydrogen-bond acceptors (Lipinski definition) is 6. The molecule has 0 bridgehead atoms. The monoisotopic (exact) mass is 919 g/mol. The highest BCUT2D eigenvalue weighted by atomic mass is 16.5. The summed E-state index contributed by atoms with van der Waals surface area (Å²) >= 11 is 0. The molecule has 3 atom stereocenters. The molecule has 0 heterocycles. The van der Waals surface area contributed by atoms with Crippen molar-refractivity contribution in [2.45, 2.75) is 310 Å². The van der Waals surface area contributed by atoms with E-state index in [2.05, 4.69) is 58.5 Å². The Labute approximate surface area is 408 Å². The molecule has 0 aliphatic carbocycles. The molecule has 0 aliphatic rings. The van der Waals surface area contributed by atoms with Crippen molar-refractivity contribution in [1.29, 1.82) is 0 Å². The van der Waals surface area contributed by atoms with E-state index in [1.807, 2.05) is 0 Å². The van der Waals surface area contributed by atoms with Crippen LogP contribution in [0.3, 0.4) is 0 Å². The summed E-state index contributed by atoms with van der Waals surface area (Å²) in [4.78, 5) is 30.4. The Balaban J connectivity index is 4.77. The van der Waals surface area contributed by atoms with Crippen LogP contribution in [0.15, 0.2) is 0 Å². The van der Waals surface area contributed by atoms with Crippen molar-refractivity contribution in [3.63, 3.8) is 0 Å². The van der Waals surface area contributed by atoms with E-state index in [0.29, 0.717) is 38.0 Å². The van der Waals surface area contributed by atoms with Gasteiger partial charge in [0.1, 0.15) is 0 Å². The second kappa shape index (κ2) is 50.7. The van der Waals surface area contributed by atoms with Gasteiger partial charge in [-0.2, -0.15) is 0 Å². The maximum atomic E-state index is 12.6. The average molecular weight is 920 g/mol. The van der Waals surface area contributed by atoms with E-state index in [1.54, 1.807) is 0 Å². The van der Waals surface area contributed by atoms with E-state index < -0.39 is 0 Å². The molecule has 0 fully saturated rings. The Kier molecular flexibility index (Phi) is 49.8. The second-order valence-electron chi connectivity index (χ2n) is 21.0. The fourth-order valence-electron chi connectivity index (χ4n) is 9.88. The van der Waals surface area contributed by atoms with E-state index in [4.69, 9.17) is 9.47 Å². The molecule has 388 valence electrons. The van der Waals surface area contributed by atoms with Crippen LogP contribution in [0.1, 0.15) is 304 Å².